The quantitative estimate of drug-likeness (QED) is 0.818. The molecule has 2 N–H and O–H groups in total. The van der Waals surface area contributed by atoms with Crippen molar-refractivity contribution in [3.63, 3.8) is 0 Å². The van der Waals surface area contributed by atoms with E-state index < -0.39 is 48.6 Å². The number of hydrogen-bond acceptors (Lipinski definition) is 2. The van der Waals surface area contributed by atoms with E-state index in [0.29, 0.717) is 6.07 Å². The van der Waals surface area contributed by atoms with Crippen LogP contribution in [0, 0.1) is 11.6 Å². The van der Waals surface area contributed by atoms with E-state index >= 15 is 0 Å². The van der Waals surface area contributed by atoms with Gasteiger partial charge in [-0.2, -0.15) is 13.2 Å². The Bertz CT molecular complexity index is 544. The number of amides is 1. The first-order valence-electron chi connectivity index (χ1n) is 5.61. The van der Waals surface area contributed by atoms with Crippen LogP contribution in [-0.4, -0.2) is 29.2 Å². The van der Waals surface area contributed by atoms with E-state index in [-0.39, 0.29) is 5.56 Å². The van der Waals surface area contributed by atoms with Gasteiger partial charge in [0.2, 0.25) is 5.91 Å². The van der Waals surface area contributed by atoms with Gasteiger partial charge < -0.3 is 10.4 Å². The summed E-state index contributed by atoms with van der Waals surface area (Å²) >= 11 is 0. The van der Waals surface area contributed by atoms with Crippen molar-refractivity contribution in [3.05, 3.63) is 35.4 Å². The molecular weight excluding hydrogens is 301 g/mol. The zero-order valence-corrected chi connectivity index (χ0v) is 10.4. The summed E-state index contributed by atoms with van der Waals surface area (Å²) in [5, 5.41) is 10.3. The molecule has 1 atom stereocenters. The standard InChI is InChI=1S/C12H10F5NO3/c13-7-2-1-6(3-8(7)14)4-10(19)18-9(11(20)21)5-12(15,16)17/h1-3,9H,4-5H2,(H,18,19)(H,20,21). The highest BCUT2D eigenvalue weighted by Gasteiger charge is 2.36. The molecule has 0 saturated carbocycles. The normalized spacial score (nSPS) is 12.8. The minimum atomic E-state index is -4.77. The Morgan fingerprint density at radius 3 is 2.29 bits per heavy atom. The monoisotopic (exact) mass is 311 g/mol. The summed E-state index contributed by atoms with van der Waals surface area (Å²) in [6.07, 6.45) is -7.07. The molecule has 0 radical (unpaired) electrons. The van der Waals surface area contributed by atoms with Gasteiger partial charge in [-0.1, -0.05) is 6.07 Å². The number of carbonyl (C=O) groups excluding carboxylic acids is 1. The zero-order chi connectivity index (χ0) is 16.2. The summed E-state index contributed by atoms with van der Waals surface area (Å²) in [7, 11) is 0. The molecule has 0 saturated heterocycles. The Kier molecular flexibility index (Phi) is 5.23. The second-order valence-corrected chi connectivity index (χ2v) is 4.20. The lowest BCUT2D eigenvalue weighted by Crippen LogP contribution is -2.44. The van der Waals surface area contributed by atoms with Gasteiger partial charge >= 0.3 is 12.1 Å². The van der Waals surface area contributed by atoms with E-state index in [1.54, 1.807) is 5.32 Å². The van der Waals surface area contributed by atoms with E-state index in [1.807, 2.05) is 0 Å². The van der Waals surface area contributed by atoms with E-state index in [1.165, 1.54) is 0 Å². The van der Waals surface area contributed by atoms with Crippen molar-refractivity contribution in [1.82, 2.24) is 5.32 Å². The van der Waals surface area contributed by atoms with Gasteiger partial charge in [0.05, 0.1) is 12.8 Å². The topological polar surface area (TPSA) is 66.4 Å². The average Bonchev–Trinajstić information content (AvgIpc) is 2.31. The van der Waals surface area contributed by atoms with Crippen molar-refractivity contribution < 1.29 is 36.6 Å². The first-order chi connectivity index (χ1) is 9.58. The number of hydrogen-bond donors (Lipinski definition) is 2. The van der Waals surface area contributed by atoms with Gasteiger partial charge in [-0.3, -0.25) is 4.79 Å². The fraction of sp³-hybridized carbons (Fsp3) is 0.333. The third-order valence-corrected chi connectivity index (χ3v) is 2.42. The van der Waals surface area contributed by atoms with Crippen molar-refractivity contribution in [3.8, 4) is 0 Å². The molecule has 0 bridgehead atoms. The Labute approximate surface area is 115 Å². The number of halogens is 5. The van der Waals surface area contributed by atoms with Crippen molar-refractivity contribution in [2.75, 3.05) is 0 Å². The predicted molar refractivity (Wildman–Crippen MR) is 60.3 cm³/mol. The van der Waals surface area contributed by atoms with Crippen LogP contribution in [0.15, 0.2) is 18.2 Å². The van der Waals surface area contributed by atoms with Crippen LogP contribution in [0.25, 0.3) is 0 Å². The van der Waals surface area contributed by atoms with Gasteiger partial charge in [0, 0.05) is 0 Å². The van der Waals surface area contributed by atoms with E-state index in [2.05, 4.69) is 0 Å². The van der Waals surface area contributed by atoms with Crippen LogP contribution in [0.4, 0.5) is 22.0 Å². The van der Waals surface area contributed by atoms with Crippen LogP contribution < -0.4 is 5.32 Å². The molecular formula is C12H10F5NO3. The summed E-state index contributed by atoms with van der Waals surface area (Å²) in [6, 6.07) is 0.386. The summed E-state index contributed by atoms with van der Waals surface area (Å²) in [5.41, 5.74) is 0.00236. The lowest BCUT2D eigenvalue weighted by Gasteiger charge is -2.16. The number of benzene rings is 1. The van der Waals surface area contributed by atoms with Crippen molar-refractivity contribution in [2.45, 2.75) is 25.1 Å². The Hall–Kier alpha value is -2.19. The number of rotatable bonds is 5. The number of aliphatic carboxylic acids is 1. The largest absolute Gasteiger partial charge is 0.480 e. The Morgan fingerprint density at radius 2 is 1.81 bits per heavy atom. The number of carbonyl (C=O) groups is 2. The second kappa shape index (κ2) is 6.51. The third kappa shape index (κ3) is 5.76. The molecule has 1 amide bonds. The van der Waals surface area contributed by atoms with E-state index in [9.17, 15) is 31.5 Å². The number of carboxylic acid groups (broad SMARTS) is 1. The molecule has 4 nitrogen and oxygen atoms in total. The van der Waals surface area contributed by atoms with Crippen LogP contribution in [0.1, 0.15) is 12.0 Å². The molecule has 1 aromatic rings. The minimum Gasteiger partial charge on any atom is -0.480 e. The lowest BCUT2D eigenvalue weighted by molar-refractivity contribution is -0.159. The number of alkyl halides is 3. The van der Waals surface area contributed by atoms with Crippen LogP contribution in [0.2, 0.25) is 0 Å². The highest BCUT2D eigenvalue weighted by Crippen LogP contribution is 2.21. The van der Waals surface area contributed by atoms with Gasteiger partial charge in [-0.05, 0) is 17.7 Å². The van der Waals surface area contributed by atoms with Crippen LogP contribution in [0.3, 0.4) is 0 Å². The fourth-order valence-electron chi connectivity index (χ4n) is 1.51. The van der Waals surface area contributed by atoms with Gasteiger partial charge in [0.1, 0.15) is 6.04 Å². The maximum atomic E-state index is 12.9. The predicted octanol–water partition coefficient (Wildman–Crippen LogP) is 2.03. The van der Waals surface area contributed by atoms with Gasteiger partial charge in [0.25, 0.3) is 0 Å². The summed E-state index contributed by atoms with van der Waals surface area (Å²) in [6.45, 7) is 0. The first-order valence-corrected chi connectivity index (χ1v) is 5.61. The maximum Gasteiger partial charge on any atom is 0.391 e. The molecule has 1 aromatic carbocycles. The van der Waals surface area contributed by atoms with E-state index in [4.69, 9.17) is 5.11 Å². The highest BCUT2D eigenvalue weighted by atomic mass is 19.4. The molecule has 0 spiro atoms. The van der Waals surface area contributed by atoms with Gasteiger partial charge in [-0.15, -0.1) is 0 Å². The third-order valence-electron chi connectivity index (χ3n) is 2.42. The van der Waals surface area contributed by atoms with E-state index in [0.717, 1.165) is 12.1 Å². The highest BCUT2D eigenvalue weighted by molar-refractivity contribution is 5.84. The van der Waals surface area contributed by atoms with Crippen molar-refractivity contribution >= 4 is 11.9 Å². The van der Waals surface area contributed by atoms with Crippen molar-refractivity contribution in [2.24, 2.45) is 0 Å². The summed E-state index contributed by atoms with van der Waals surface area (Å²) in [5.74, 6) is -5.24. The first kappa shape index (κ1) is 16.9. The molecule has 116 valence electrons. The average molecular weight is 311 g/mol. The lowest BCUT2D eigenvalue weighted by atomic mass is 10.1. The zero-order valence-electron chi connectivity index (χ0n) is 10.4. The molecule has 0 aliphatic heterocycles. The molecule has 1 unspecified atom stereocenters. The molecule has 0 aromatic heterocycles. The molecule has 0 fully saturated rings. The summed E-state index contributed by atoms with van der Waals surface area (Å²) in [4.78, 5) is 22.1. The Morgan fingerprint density at radius 1 is 1.19 bits per heavy atom. The van der Waals surface area contributed by atoms with Gasteiger partial charge in [0.15, 0.2) is 11.6 Å². The van der Waals surface area contributed by atoms with Gasteiger partial charge in [-0.25, -0.2) is 13.6 Å². The minimum absolute atomic E-state index is 0.00236. The smallest absolute Gasteiger partial charge is 0.391 e. The number of carboxylic acids is 1. The maximum absolute atomic E-state index is 12.9. The number of nitrogens with one attached hydrogen (secondary N) is 1. The van der Waals surface area contributed by atoms with Crippen molar-refractivity contribution in [1.29, 1.82) is 0 Å². The SMILES string of the molecule is O=C(Cc1ccc(F)c(F)c1)NC(CC(F)(F)F)C(=O)O. The Balaban J connectivity index is 2.69. The molecule has 21 heavy (non-hydrogen) atoms. The molecule has 0 aliphatic rings. The summed E-state index contributed by atoms with van der Waals surface area (Å²) < 4.78 is 62.0. The van der Waals surface area contributed by atoms with Crippen LogP contribution in [-0.2, 0) is 16.0 Å². The molecule has 0 aliphatic carbocycles. The molecule has 1 rings (SSSR count). The van der Waals surface area contributed by atoms with Crippen LogP contribution in [0.5, 0.6) is 0 Å². The second-order valence-electron chi connectivity index (χ2n) is 4.20. The fourth-order valence-corrected chi connectivity index (χ4v) is 1.51. The molecule has 9 heteroatoms. The van der Waals surface area contributed by atoms with Crippen LogP contribution >= 0.6 is 0 Å². The molecule has 0 heterocycles.